The number of aromatic amines is 1. The van der Waals surface area contributed by atoms with Crippen molar-refractivity contribution in [2.75, 3.05) is 4.72 Å². The van der Waals surface area contributed by atoms with Crippen molar-refractivity contribution < 1.29 is 8.42 Å². The fourth-order valence-corrected chi connectivity index (χ4v) is 3.72. The maximum atomic E-state index is 12.7. The third kappa shape index (κ3) is 2.76. The molecule has 4 aromatic rings. The molecule has 3 aromatic heterocycles. The zero-order valence-electron chi connectivity index (χ0n) is 13.3. The van der Waals surface area contributed by atoms with Crippen LogP contribution in [-0.4, -0.2) is 28.2 Å². The Morgan fingerprint density at radius 2 is 2.00 bits per heavy atom. The van der Waals surface area contributed by atoms with Crippen LogP contribution >= 0.6 is 0 Å². The summed E-state index contributed by atoms with van der Waals surface area (Å²) in [5, 5.41) is 5.03. The van der Waals surface area contributed by atoms with E-state index >= 15 is 0 Å². The Morgan fingerprint density at radius 1 is 1.12 bits per heavy atom. The number of nitrogens with one attached hydrogen (secondary N) is 2. The molecular formula is C17H15N5O2S. The summed E-state index contributed by atoms with van der Waals surface area (Å²) in [6.45, 7) is 0. The average Bonchev–Trinajstić information content (AvgIpc) is 3.26. The van der Waals surface area contributed by atoms with E-state index in [1.54, 1.807) is 54.6 Å². The van der Waals surface area contributed by atoms with E-state index in [9.17, 15) is 8.42 Å². The summed E-state index contributed by atoms with van der Waals surface area (Å²) in [6, 6.07) is 10.5. The van der Waals surface area contributed by atoms with Gasteiger partial charge < -0.3 is 4.98 Å². The van der Waals surface area contributed by atoms with Gasteiger partial charge in [0.05, 0.1) is 23.1 Å². The molecular weight excluding hydrogens is 338 g/mol. The number of hydrogen-bond acceptors (Lipinski definition) is 4. The van der Waals surface area contributed by atoms with Crippen molar-refractivity contribution in [1.82, 2.24) is 19.7 Å². The van der Waals surface area contributed by atoms with Crippen LogP contribution in [0.5, 0.6) is 0 Å². The molecule has 126 valence electrons. The Hall–Kier alpha value is -3.13. The second kappa shape index (κ2) is 5.75. The van der Waals surface area contributed by atoms with E-state index in [0.717, 1.165) is 16.5 Å². The molecule has 0 aliphatic heterocycles. The van der Waals surface area contributed by atoms with E-state index < -0.39 is 10.0 Å². The highest BCUT2D eigenvalue weighted by Gasteiger charge is 2.17. The number of aromatic nitrogens is 4. The van der Waals surface area contributed by atoms with Gasteiger partial charge in [0.2, 0.25) is 0 Å². The highest BCUT2D eigenvalue weighted by Crippen LogP contribution is 2.25. The minimum Gasteiger partial charge on any atom is -0.367 e. The van der Waals surface area contributed by atoms with Crippen LogP contribution in [-0.2, 0) is 17.1 Å². The number of hydrogen-bond donors (Lipinski definition) is 2. The maximum Gasteiger partial charge on any atom is 0.263 e. The molecule has 0 saturated carbocycles. The van der Waals surface area contributed by atoms with Crippen molar-refractivity contribution >= 4 is 26.6 Å². The molecule has 0 saturated heterocycles. The first-order chi connectivity index (χ1) is 12.0. The number of para-hydroxylation sites is 1. The van der Waals surface area contributed by atoms with Crippen LogP contribution in [0.25, 0.3) is 22.2 Å². The van der Waals surface area contributed by atoms with Crippen molar-refractivity contribution in [1.29, 1.82) is 0 Å². The van der Waals surface area contributed by atoms with Gasteiger partial charge in [-0.1, -0.05) is 12.1 Å². The molecule has 0 bridgehead atoms. The number of anilines is 1. The van der Waals surface area contributed by atoms with Gasteiger partial charge in [0.25, 0.3) is 10.0 Å². The van der Waals surface area contributed by atoms with Crippen LogP contribution in [0.2, 0.25) is 0 Å². The van der Waals surface area contributed by atoms with E-state index in [0.29, 0.717) is 11.4 Å². The summed E-state index contributed by atoms with van der Waals surface area (Å²) >= 11 is 0. The molecule has 2 N–H and O–H groups in total. The molecule has 0 radical (unpaired) electrons. The van der Waals surface area contributed by atoms with Crippen LogP contribution in [0.3, 0.4) is 0 Å². The molecule has 0 amide bonds. The summed E-state index contributed by atoms with van der Waals surface area (Å²) in [6.07, 6.45) is 6.64. The van der Waals surface area contributed by atoms with E-state index in [-0.39, 0.29) is 4.90 Å². The standard InChI is InChI=1S/C17H15N5O2S/c1-22-17-13(10-20-22)3-2-4-16(17)21-25(23,24)14-5-6-15(19-11-14)12-7-8-18-9-12/h2-11,18,21H,1H3. The smallest absolute Gasteiger partial charge is 0.263 e. The lowest BCUT2D eigenvalue weighted by atomic mass is 10.2. The SMILES string of the molecule is Cn1ncc2cccc(NS(=O)(=O)c3ccc(-c4cc[nH]c4)nc3)c21. The molecule has 0 atom stereocenters. The summed E-state index contributed by atoms with van der Waals surface area (Å²) in [4.78, 5) is 7.29. The number of H-pyrrole nitrogens is 1. The lowest BCUT2D eigenvalue weighted by Crippen LogP contribution is -2.14. The molecule has 1 aromatic carbocycles. The second-order valence-corrected chi connectivity index (χ2v) is 7.28. The first-order valence-electron chi connectivity index (χ1n) is 7.57. The molecule has 0 unspecified atom stereocenters. The monoisotopic (exact) mass is 353 g/mol. The predicted octanol–water partition coefficient (Wildman–Crippen LogP) is 2.76. The zero-order valence-corrected chi connectivity index (χ0v) is 14.2. The topological polar surface area (TPSA) is 92.7 Å². The molecule has 3 heterocycles. The van der Waals surface area contributed by atoms with Gasteiger partial charge in [-0.05, 0) is 24.3 Å². The maximum absolute atomic E-state index is 12.7. The van der Waals surface area contributed by atoms with Crippen LogP contribution in [0.4, 0.5) is 5.69 Å². The highest BCUT2D eigenvalue weighted by atomic mass is 32.2. The van der Waals surface area contributed by atoms with E-state index in [1.165, 1.54) is 6.20 Å². The van der Waals surface area contributed by atoms with E-state index in [2.05, 4.69) is 19.8 Å². The lowest BCUT2D eigenvalue weighted by Gasteiger charge is -2.10. The summed E-state index contributed by atoms with van der Waals surface area (Å²) in [5.74, 6) is 0. The Morgan fingerprint density at radius 3 is 2.72 bits per heavy atom. The summed E-state index contributed by atoms with van der Waals surface area (Å²) in [5.41, 5.74) is 2.81. The molecule has 7 nitrogen and oxygen atoms in total. The van der Waals surface area contributed by atoms with Gasteiger partial charge in [-0.3, -0.25) is 14.4 Å². The average molecular weight is 353 g/mol. The van der Waals surface area contributed by atoms with Crippen molar-refractivity contribution in [2.24, 2.45) is 7.05 Å². The van der Waals surface area contributed by atoms with E-state index in [1.807, 2.05) is 12.1 Å². The summed E-state index contributed by atoms with van der Waals surface area (Å²) < 4.78 is 29.6. The van der Waals surface area contributed by atoms with Gasteiger partial charge in [-0.25, -0.2) is 8.42 Å². The Kier molecular flexibility index (Phi) is 3.54. The predicted molar refractivity (Wildman–Crippen MR) is 95.5 cm³/mol. The van der Waals surface area contributed by atoms with Crippen molar-refractivity contribution in [3.05, 3.63) is 61.2 Å². The molecule has 0 spiro atoms. The Labute approximate surface area is 144 Å². The van der Waals surface area contributed by atoms with Crippen molar-refractivity contribution in [3.8, 4) is 11.3 Å². The minimum atomic E-state index is -3.75. The van der Waals surface area contributed by atoms with Crippen molar-refractivity contribution in [3.63, 3.8) is 0 Å². The van der Waals surface area contributed by atoms with Crippen LogP contribution < -0.4 is 4.72 Å². The largest absolute Gasteiger partial charge is 0.367 e. The third-order valence-electron chi connectivity index (χ3n) is 3.95. The van der Waals surface area contributed by atoms with Crippen LogP contribution in [0, 0.1) is 0 Å². The van der Waals surface area contributed by atoms with E-state index in [4.69, 9.17) is 0 Å². The normalized spacial score (nSPS) is 11.7. The van der Waals surface area contributed by atoms with Gasteiger partial charge in [0.15, 0.2) is 0 Å². The Bertz CT molecular complexity index is 1130. The van der Waals surface area contributed by atoms with Crippen LogP contribution in [0.15, 0.2) is 66.1 Å². The number of fused-ring (bicyclic) bond motifs is 1. The quantitative estimate of drug-likeness (QED) is 0.590. The fraction of sp³-hybridized carbons (Fsp3) is 0.0588. The third-order valence-corrected chi connectivity index (χ3v) is 5.30. The van der Waals surface area contributed by atoms with Gasteiger partial charge in [0.1, 0.15) is 4.90 Å². The number of rotatable bonds is 4. The fourth-order valence-electron chi connectivity index (χ4n) is 2.71. The molecule has 0 fully saturated rings. The van der Waals surface area contributed by atoms with Gasteiger partial charge in [-0.2, -0.15) is 5.10 Å². The first-order valence-corrected chi connectivity index (χ1v) is 9.06. The number of benzene rings is 1. The van der Waals surface area contributed by atoms with Gasteiger partial charge >= 0.3 is 0 Å². The van der Waals surface area contributed by atoms with Crippen molar-refractivity contribution in [2.45, 2.75) is 4.90 Å². The zero-order chi connectivity index (χ0) is 17.4. The molecule has 8 heteroatoms. The van der Waals surface area contributed by atoms with Gasteiger partial charge in [-0.15, -0.1) is 0 Å². The molecule has 0 aliphatic rings. The highest BCUT2D eigenvalue weighted by molar-refractivity contribution is 7.92. The number of sulfonamides is 1. The molecule has 4 rings (SSSR count). The number of nitrogens with zero attached hydrogens (tertiary/aromatic N) is 3. The molecule has 25 heavy (non-hydrogen) atoms. The van der Waals surface area contributed by atoms with Gasteiger partial charge in [0, 0.05) is 36.6 Å². The Balaban J connectivity index is 1.68. The first kappa shape index (κ1) is 15.4. The number of aryl methyl sites for hydroxylation is 1. The number of pyridine rings is 1. The minimum absolute atomic E-state index is 0.103. The van der Waals surface area contributed by atoms with Crippen LogP contribution in [0.1, 0.15) is 0 Å². The lowest BCUT2D eigenvalue weighted by molar-refractivity contribution is 0.601. The summed E-state index contributed by atoms with van der Waals surface area (Å²) in [7, 11) is -1.98. The second-order valence-electron chi connectivity index (χ2n) is 5.60. The molecule has 0 aliphatic carbocycles.